The fourth-order valence-corrected chi connectivity index (χ4v) is 6.29. The molecule has 6 fully saturated rings. The first-order valence-electron chi connectivity index (χ1n) is 5.00. The number of rotatable bonds is 2. The van der Waals surface area contributed by atoms with Crippen molar-refractivity contribution in [2.75, 3.05) is 0 Å². The van der Waals surface area contributed by atoms with E-state index >= 15 is 0 Å². The summed E-state index contributed by atoms with van der Waals surface area (Å²) in [6.07, 6.45) is 0.503. The molecule has 2 nitrogen and oxygen atoms in total. The van der Waals surface area contributed by atoms with Gasteiger partial charge in [0.05, 0.1) is 6.42 Å². The zero-order valence-corrected chi connectivity index (χ0v) is 7.83. The van der Waals surface area contributed by atoms with E-state index < -0.39 is 5.97 Å². The lowest BCUT2D eigenvalue weighted by molar-refractivity contribution is -0.613. The first-order chi connectivity index (χ1) is 5.78. The predicted molar refractivity (Wildman–Crippen MR) is 46.4 cm³/mol. The number of hydrogen-bond acceptors (Lipinski definition) is 1. The third-order valence-electron chi connectivity index (χ3n) is 6.14. The van der Waals surface area contributed by atoms with Crippen LogP contribution in [-0.2, 0) is 4.79 Å². The average Bonchev–Trinajstić information content (AvgIpc) is 2.04. The third kappa shape index (κ3) is 0.324. The molecule has 6 aliphatic carbocycles. The van der Waals surface area contributed by atoms with Crippen molar-refractivity contribution in [1.82, 2.24) is 0 Å². The van der Waals surface area contributed by atoms with Crippen LogP contribution in [0.1, 0.15) is 6.42 Å². The maximum absolute atomic E-state index is 10.7. The lowest BCUT2D eigenvalue weighted by Crippen LogP contribution is -3.05. The van der Waals surface area contributed by atoms with E-state index in [2.05, 4.69) is 0 Å². The summed E-state index contributed by atoms with van der Waals surface area (Å²) in [4.78, 5) is 10.7. The fourth-order valence-electron chi connectivity index (χ4n) is 6.29. The minimum Gasteiger partial charge on any atom is -0.481 e. The van der Waals surface area contributed by atoms with Crippen molar-refractivity contribution in [3.05, 3.63) is 0 Å². The number of carboxylic acids is 1. The molecule has 0 aromatic heterocycles. The molecule has 6 saturated carbocycles. The molecule has 6 aliphatic rings. The van der Waals surface area contributed by atoms with Gasteiger partial charge >= 0.3 is 5.97 Å². The van der Waals surface area contributed by atoms with Crippen molar-refractivity contribution in [1.29, 1.82) is 0 Å². The monoisotopic (exact) mass is 198 g/mol. The Bertz CT molecular complexity index is 300. The largest absolute Gasteiger partial charge is 0.481 e. The number of hydrogen-bond donors (Lipinski definition) is 1. The van der Waals surface area contributed by atoms with E-state index in [0.29, 0.717) is 11.8 Å². The number of carbonyl (C=O) groups is 1. The molecule has 6 rings (SSSR count). The SMILES string of the molecule is Cl.O=C(O)CC12C3C4C5C3C1C5C42. The Morgan fingerprint density at radius 2 is 1.54 bits per heavy atom. The van der Waals surface area contributed by atoms with Crippen molar-refractivity contribution in [2.24, 2.45) is 46.8 Å². The van der Waals surface area contributed by atoms with Gasteiger partial charge in [0, 0.05) is 0 Å². The Kier molecular flexibility index (Phi) is 0.786. The quantitative estimate of drug-likeness (QED) is 0.725. The molecule has 0 aliphatic heterocycles. The molecular weight excluding hydrogens is 188 g/mol. The maximum Gasteiger partial charge on any atom is 0.303 e. The van der Waals surface area contributed by atoms with Crippen LogP contribution >= 0.6 is 12.4 Å². The van der Waals surface area contributed by atoms with Crippen molar-refractivity contribution < 1.29 is 9.90 Å². The van der Waals surface area contributed by atoms with Crippen LogP contribution < -0.4 is 0 Å². The van der Waals surface area contributed by atoms with Gasteiger partial charge in [0.25, 0.3) is 0 Å². The molecule has 0 radical (unpaired) electrons. The van der Waals surface area contributed by atoms with Gasteiger partial charge in [-0.3, -0.25) is 4.79 Å². The van der Waals surface area contributed by atoms with Crippen LogP contribution in [0.15, 0.2) is 0 Å². The van der Waals surface area contributed by atoms with Gasteiger partial charge in [-0.2, -0.15) is 0 Å². The average molecular weight is 199 g/mol. The van der Waals surface area contributed by atoms with Gasteiger partial charge in [0.2, 0.25) is 0 Å². The van der Waals surface area contributed by atoms with Crippen molar-refractivity contribution in [2.45, 2.75) is 6.42 Å². The molecule has 0 aromatic carbocycles. The smallest absolute Gasteiger partial charge is 0.303 e. The lowest BCUT2D eigenvalue weighted by atomic mass is 8.96. The van der Waals surface area contributed by atoms with Gasteiger partial charge in [-0.1, -0.05) is 0 Å². The molecule has 1 N–H and O–H groups in total. The van der Waals surface area contributed by atoms with Crippen LogP contribution in [0.3, 0.4) is 0 Å². The van der Waals surface area contributed by atoms with Gasteiger partial charge in [-0.25, -0.2) is 0 Å². The molecule has 0 saturated heterocycles. The molecule has 0 spiro atoms. The van der Waals surface area contributed by atoms with Gasteiger partial charge < -0.3 is 5.11 Å². The minimum absolute atomic E-state index is 0. The minimum atomic E-state index is -0.550. The molecule has 0 unspecified atom stereocenters. The van der Waals surface area contributed by atoms with Crippen LogP contribution in [0, 0.1) is 46.8 Å². The van der Waals surface area contributed by atoms with Crippen LogP contribution in [0.25, 0.3) is 0 Å². The first-order valence-corrected chi connectivity index (χ1v) is 5.00. The van der Waals surface area contributed by atoms with E-state index in [1.165, 1.54) is 0 Å². The van der Waals surface area contributed by atoms with Gasteiger partial charge in [-0.15, -0.1) is 12.4 Å². The Balaban J connectivity index is 0.000000512. The number of halogens is 1. The summed E-state index contributed by atoms with van der Waals surface area (Å²) in [6.45, 7) is 0. The summed E-state index contributed by atoms with van der Waals surface area (Å²) >= 11 is 0. The topological polar surface area (TPSA) is 37.3 Å². The second-order valence-electron chi connectivity index (χ2n) is 5.57. The summed E-state index contributed by atoms with van der Waals surface area (Å²) in [7, 11) is 0. The highest BCUT2D eigenvalue weighted by Gasteiger charge is 3.03. The second-order valence-corrected chi connectivity index (χ2v) is 5.57. The van der Waals surface area contributed by atoms with Gasteiger partial charge in [0.15, 0.2) is 0 Å². The van der Waals surface area contributed by atoms with E-state index in [1.807, 2.05) is 0 Å². The highest BCUT2D eigenvalue weighted by atomic mass is 35.5. The third-order valence-corrected chi connectivity index (χ3v) is 6.14. The zero-order valence-electron chi connectivity index (χ0n) is 7.01. The van der Waals surface area contributed by atoms with Gasteiger partial charge in [-0.05, 0) is 46.8 Å². The molecule has 0 heterocycles. The Labute approximate surface area is 82.1 Å². The molecule has 3 heteroatoms. The van der Waals surface area contributed by atoms with Crippen LogP contribution in [0.4, 0.5) is 0 Å². The van der Waals surface area contributed by atoms with E-state index in [-0.39, 0.29) is 12.4 Å². The highest BCUT2D eigenvalue weighted by molar-refractivity contribution is 5.85. The summed E-state index contributed by atoms with van der Waals surface area (Å²) in [5.41, 5.74) is 0.389. The number of aliphatic carboxylic acids is 1. The molecule has 13 heavy (non-hydrogen) atoms. The predicted octanol–water partition coefficient (Wildman–Crippen LogP) is 1.25. The first kappa shape index (κ1) is 7.10. The summed E-state index contributed by atoms with van der Waals surface area (Å²) in [5, 5.41) is 8.81. The summed E-state index contributed by atoms with van der Waals surface area (Å²) in [6, 6.07) is 0. The van der Waals surface area contributed by atoms with Gasteiger partial charge in [0.1, 0.15) is 0 Å². The van der Waals surface area contributed by atoms with E-state index in [4.69, 9.17) is 5.11 Å². The Morgan fingerprint density at radius 1 is 1.08 bits per heavy atom. The van der Waals surface area contributed by atoms with E-state index in [9.17, 15) is 4.79 Å². The standard InChI is InChI=1S/C10H10O2.ClH/c11-2(12)1-10-7-4-3-5(7)9(10)6(3)8(4)10;/h3-9H,1H2,(H,11,12);1H. The van der Waals surface area contributed by atoms with Crippen molar-refractivity contribution >= 4 is 18.4 Å². The fraction of sp³-hybridized carbons (Fsp3) is 0.900. The van der Waals surface area contributed by atoms with E-state index in [1.54, 1.807) is 0 Å². The zero-order chi connectivity index (χ0) is 7.83. The Morgan fingerprint density at radius 3 is 1.92 bits per heavy atom. The molecule has 0 atom stereocenters. The van der Waals surface area contributed by atoms with Crippen molar-refractivity contribution in [3.63, 3.8) is 0 Å². The molecular formula is C10H11ClO2. The second kappa shape index (κ2) is 1.44. The van der Waals surface area contributed by atoms with E-state index in [0.717, 1.165) is 41.4 Å². The Hall–Kier alpha value is -0.240. The van der Waals surface area contributed by atoms with Crippen molar-refractivity contribution in [3.8, 4) is 0 Å². The van der Waals surface area contributed by atoms with Crippen LogP contribution in [-0.4, -0.2) is 11.1 Å². The maximum atomic E-state index is 10.7. The lowest BCUT2D eigenvalue weighted by Gasteiger charge is -3.07. The normalized spacial score (nSPS) is 75.5. The molecule has 0 amide bonds. The molecule has 0 bridgehead atoms. The molecule has 70 valence electrons. The summed E-state index contributed by atoms with van der Waals surface area (Å²) < 4.78 is 0. The highest BCUT2D eigenvalue weighted by Crippen LogP contribution is 3.06. The van der Waals surface area contributed by atoms with Crippen LogP contribution in [0.2, 0.25) is 0 Å². The summed E-state index contributed by atoms with van der Waals surface area (Å²) in [5.74, 6) is 6.36. The molecule has 0 aromatic rings. The number of carboxylic acid groups (broad SMARTS) is 1. The van der Waals surface area contributed by atoms with Crippen LogP contribution in [0.5, 0.6) is 0 Å².